The normalized spacial score (nSPS) is 10.7. The van der Waals surface area contributed by atoms with Gasteiger partial charge in [0.2, 0.25) is 0 Å². The van der Waals surface area contributed by atoms with Crippen LogP contribution in [-0.4, -0.2) is 30.5 Å². The van der Waals surface area contributed by atoms with Crippen molar-refractivity contribution in [2.75, 3.05) is 11.0 Å². The topological polar surface area (TPSA) is 9.23 Å². The van der Waals surface area contributed by atoms with Crippen LogP contribution in [0.1, 0.15) is 0 Å². The summed E-state index contributed by atoms with van der Waals surface area (Å²) in [6.07, 6.45) is 0. The maximum absolute atomic E-state index is 5.44. The van der Waals surface area contributed by atoms with Crippen molar-refractivity contribution < 1.29 is 4.12 Å². The Hall–Kier alpha value is 0.974. The fourth-order valence-corrected chi connectivity index (χ4v) is 4.52. The molecule has 0 aliphatic heterocycles. The van der Waals surface area contributed by atoms with Crippen molar-refractivity contribution in [2.24, 2.45) is 0 Å². The summed E-state index contributed by atoms with van der Waals surface area (Å²) in [5, 5.41) is 0. The number of hydrogen-bond donors (Lipinski definition) is 0. The zero-order valence-electron chi connectivity index (χ0n) is 4.16. The van der Waals surface area contributed by atoms with E-state index in [0.717, 1.165) is 10.5 Å². The highest BCUT2D eigenvalue weighted by Crippen LogP contribution is 1.89. The van der Waals surface area contributed by atoms with Gasteiger partial charge in [0.1, 0.15) is 10.5 Å². The van der Waals surface area contributed by atoms with E-state index >= 15 is 0 Å². The molecule has 0 saturated carbocycles. The van der Waals surface area contributed by atoms with Gasteiger partial charge < -0.3 is 4.12 Å². The van der Waals surface area contributed by atoms with Crippen LogP contribution in [0.2, 0.25) is 0 Å². The van der Waals surface area contributed by atoms with Crippen LogP contribution >= 0.6 is 23.2 Å². The third-order valence-corrected chi connectivity index (χ3v) is 6.10. The lowest BCUT2D eigenvalue weighted by molar-refractivity contribution is 0.644. The van der Waals surface area contributed by atoms with Crippen molar-refractivity contribution in [3.63, 3.8) is 0 Å². The van der Waals surface area contributed by atoms with Crippen LogP contribution < -0.4 is 0 Å². The first kappa shape index (κ1) is 7.97. The van der Waals surface area contributed by atoms with E-state index < -0.39 is 9.04 Å². The van der Waals surface area contributed by atoms with Crippen molar-refractivity contribution in [3.8, 4) is 0 Å². The quantitative estimate of drug-likeness (QED) is 0.417. The van der Waals surface area contributed by atoms with E-state index in [1.54, 1.807) is 0 Å². The second-order valence-corrected chi connectivity index (χ2v) is 6.76. The molecule has 7 heavy (non-hydrogen) atoms. The summed E-state index contributed by atoms with van der Waals surface area (Å²) >= 11 is 10.9. The maximum atomic E-state index is 5.44. The molecule has 0 aliphatic carbocycles. The minimum absolute atomic E-state index is 0.646. The molecule has 0 aromatic heterocycles. The van der Waals surface area contributed by atoms with Gasteiger partial charge in [-0.3, -0.25) is 0 Å². The molecule has 1 nitrogen and oxygen atoms in total. The molecular weight excluding hydrogens is 167 g/mol. The van der Waals surface area contributed by atoms with Gasteiger partial charge in [0.25, 0.3) is 0 Å². The SMILES string of the molecule is [SiH3]O[SiH](CCl)CCl. The molecule has 0 spiro atoms. The predicted octanol–water partition coefficient (Wildman–Crippen LogP) is -0.437. The fourth-order valence-electron chi connectivity index (χ4n) is 0.167. The molecule has 0 bridgehead atoms. The average molecular weight is 175 g/mol. The number of halogens is 2. The first-order valence-electron chi connectivity index (χ1n) is 1.99. The van der Waals surface area contributed by atoms with Gasteiger partial charge in [-0.2, -0.15) is 0 Å². The van der Waals surface area contributed by atoms with E-state index in [4.69, 9.17) is 27.3 Å². The van der Waals surface area contributed by atoms with Gasteiger partial charge in [-0.15, -0.1) is 23.2 Å². The van der Waals surface area contributed by atoms with E-state index in [1.807, 2.05) is 0 Å². The largest absolute Gasteiger partial charge is 0.464 e. The Labute approximate surface area is 58.2 Å². The molecule has 5 heteroatoms. The lowest BCUT2D eigenvalue weighted by Gasteiger charge is -2.02. The molecule has 0 aromatic carbocycles. The molecule has 44 valence electrons. The van der Waals surface area contributed by atoms with Crippen LogP contribution in [0.4, 0.5) is 0 Å². The smallest absolute Gasteiger partial charge is 0.192 e. The average Bonchev–Trinajstić information content (AvgIpc) is 1.72. The molecule has 0 amide bonds. The summed E-state index contributed by atoms with van der Waals surface area (Å²) in [4.78, 5) is 0. The minimum Gasteiger partial charge on any atom is -0.464 e. The zero-order chi connectivity index (χ0) is 5.70. The number of hydrogen-bond acceptors (Lipinski definition) is 1. The van der Waals surface area contributed by atoms with Gasteiger partial charge in [0, 0.05) is 11.0 Å². The van der Waals surface area contributed by atoms with Crippen LogP contribution in [0.3, 0.4) is 0 Å². The van der Waals surface area contributed by atoms with Crippen molar-refractivity contribution >= 4 is 42.7 Å². The van der Waals surface area contributed by atoms with Crippen LogP contribution in [0, 0.1) is 0 Å². The molecule has 0 saturated heterocycles. The van der Waals surface area contributed by atoms with Crippen LogP contribution in [0.5, 0.6) is 0 Å². The van der Waals surface area contributed by atoms with Crippen LogP contribution in [-0.2, 0) is 4.12 Å². The van der Waals surface area contributed by atoms with Crippen molar-refractivity contribution in [1.29, 1.82) is 0 Å². The van der Waals surface area contributed by atoms with E-state index in [9.17, 15) is 0 Å². The van der Waals surface area contributed by atoms with Gasteiger partial charge in [-0.25, -0.2) is 0 Å². The van der Waals surface area contributed by atoms with Crippen LogP contribution in [0.25, 0.3) is 0 Å². The molecular formula is C2H8Cl2OSi2. The summed E-state index contributed by atoms with van der Waals surface area (Å²) in [5.41, 5.74) is 1.29. The first-order chi connectivity index (χ1) is 3.35. The third kappa shape index (κ3) is 3.55. The zero-order valence-corrected chi connectivity index (χ0v) is 8.82. The molecule has 0 radical (unpaired) electrons. The summed E-state index contributed by atoms with van der Waals surface area (Å²) in [6, 6.07) is 0. The van der Waals surface area contributed by atoms with Crippen molar-refractivity contribution in [1.82, 2.24) is 0 Å². The Bertz CT molecular complexity index is 35.2. The van der Waals surface area contributed by atoms with E-state index in [1.165, 1.54) is 0 Å². The first-order valence-corrected chi connectivity index (χ1v) is 5.98. The Balaban J connectivity index is 2.99. The Morgan fingerprint density at radius 3 is 1.86 bits per heavy atom. The van der Waals surface area contributed by atoms with Gasteiger partial charge >= 0.3 is 0 Å². The molecule has 0 aromatic rings. The monoisotopic (exact) mass is 174 g/mol. The minimum atomic E-state index is -1.08. The maximum Gasteiger partial charge on any atom is 0.192 e. The summed E-state index contributed by atoms with van der Waals surface area (Å²) in [6.45, 7) is 0. The highest BCUT2D eigenvalue weighted by atomic mass is 35.5. The summed E-state index contributed by atoms with van der Waals surface area (Å²) < 4.78 is 5.06. The highest BCUT2D eigenvalue weighted by molar-refractivity contribution is 6.70. The van der Waals surface area contributed by atoms with E-state index in [0.29, 0.717) is 11.0 Å². The Kier molecular flexibility index (Phi) is 5.83. The lowest BCUT2D eigenvalue weighted by atomic mass is 11.8. The van der Waals surface area contributed by atoms with Gasteiger partial charge in [0.05, 0.1) is 0 Å². The molecule has 0 heterocycles. The molecule has 0 aliphatic rings. The third-order valence-electron chi connectivity index (χ3n) is 0.678. The van der Waals surface area contributed by atoms with Gasteiger partial charge in [-0.1, -0.05) is 0 Å². The molecule has 0 atom stereocenters. The van der Waals surface area contributed by atoms with Gasteiger partial charge in [-0.05, 0) is 0 Å². The molecule has 0 fully saturated rings. The number of alkyl halides is 2. The lowest BCUT2D eigenvalue weighted by Crippen LogP contribution is -2.21. The van der Waals surface area contributed by atoms with Crippen molar-refractivity contribution in [2.45, 2.75) is 0 Å². The fraction of sp³-hybridized carbons (Fsp3) is 1.00. The second kappa shape index (κ2) is 5.12. The molecule has 0 unspecified atom stereocenters. The second-order valence-electron chi connectivity index (χ2n) is 1.17. The summed E-state index contributed by atoms with van der Waals surface area (Å²) in [7, 11) is -0.294. The molecule has 0 N–H and O–H groups in total. The van der Waals surface area contributed by atoms with Crippen LogP contribution in [0.15, 0.2) is 0 Å². The predicted molar refractivity (Wildman–Crippen MR) is 39.6 cm³/mol. The van der Waals surface area contributed by atoms with E-state index in [2.05, 4.69) is 0 Å². The van der Waals surface area contributed by atoms with Gasteiger partial charge in [0.15, 0.2) is 9.04 Å². The van der Waals surface area contributed by atoms with E-state index in [-0.39, 0.29) is 0 Å². The Morgan fingerprint density at radius 2 is 1.86 bits per heavy atom. The Morgan fingerprint density at radius 1 is 1.43 bits per heavy atom. The standard InChI is InChI=1S/C2H8Cl2OSi2/c3-1-7(2-4)5-6/h7H,1-2H2,6H3. The molecule has 0 rings (SSSR count). The summed E-state index contributed by atoms with van der Waals surface area (Å²) in [5.74, 6) is 0. The highest BCUT2D eigenvalue weighted by Gasteiger charge is 2.02. The number of rotatable bonds is 3. The van der Waals surface area contributed by atoms with Crippen molar-refractivity contribution in [3.05, 3.63) is 0 Å².